The number of anilines is 1. The summed E-state index contributed by atoms with van der Waals surface area (Å²) in [6, 6.07) is 5.37. The first-order valence-electron chi connectivity index (χ1n) is 6.83. The maximum absolute atomic E-state index is 13.8. The highest BCUT2D eigenvalue weighted by molar-refractivity contribution is 6.53. The van der Waals surface area contributed by atoms with Gasteiger partial charge >= 0.3 is 0 Å². The molecule has 1 nitrogen and oxygen atoms in total. The highest BCUT2D eigenvalue weighted by Crippen LogP contribution is 2.40. The SMILES string of the molecule is C=CNc1ccc(BCC(C)(C)C(C)(C)C)cc1F. The molecule has 0 heterocycles. The van der Waals surface area contributed by atoms with Crippen LogP contribution in [0.2, 0.25) is 6.32 Å². The van der Waals surface area contributed by atoms with Crippen molar-refractivity contribution in [1.82, 2.24) is 0 Å². The van der Waals surface area contributed by atoms with E-state index in [0.29, 0.717) is 5.69 Å². The van der Waals surface area contributed by atoms with Crippen LogP contribution in [0.1, 0.15) is 34.6 Å². The first-order valence-corrected chi connectivity index (χ1v) is 6.83. The zero-order valence-electron chi connectivity index (χ0n) is 12.8. The van der Waals surface area contributed by atoms with Crippen molar-refractivity contribution in [2.75, 3.05) is 5.32 Å². The molecular weight excluding hydrogens is 236 g/mol. The second kappa shape index (κ2) is 5.81. The van der Waals surface area contributed by atoms with Gasteiger partial charge in [0.15, 0.2) is 7.28 Å². The Balaban J connectivity index is 2.74. The minimum atomic E-state index is -0.217. The van der Waals surface area contributed by atoms with Crippen molar-refractivity contribution in [1.29, 1.82) is 0 Å². The molecule has 0 aliphatic heterocycles. The van der Waals surface area contributed by atoms with Crippen LogP contribution in [0.3, 0.4) is 0 Å². The standard InChI is InChI=1S/C16H25BFN/c1-7-19-14-9-8-12(10-13(14)18)17-11-16(5,6)15(2,3)4/h7-10,17,19H,1,11H2,2-6H3. The van der Waals surface area contributed by atoms with Crippen LogP contribution in [-0.4, -0.2) is 7.28 Å². The normalized spacial score (nSPS) is 12.1. The number of hydrogen-bond acceptors (Lipinski definition) is 1. The van der Waals surface area contributed by atoms with Gasteiger partial charge in [-0.1, -0.05) is 59.0 Å². The number of nitrogens with one attached hydrogen (secondary N) is 1. The van der Waals surface area contributed by atoms with E-state index >= 15 is 0 Å². The molecule has 0 aliphatic rings. The maximum atomic E-state index is 13.8. The molecule has 3 heteroatoms. The molecule has 0 bridgehead atoms. The monoisotopic (exact) mass is 261 g/mol. The van der Waals surface area contributed by atoms with E-state index in [1.165, 1.54) is 6.20 Å². The molecule has 0 saturated carbocycles. The van der Waals surface area contributed by atoms with Gasteiger partial charge in [-0.25, -0.2) is 4.39 Å². The lowest BCUT2D eigenvalue weighted by molar-refractivity contribution is 0.157. The van der Waals surface area contributed by atoms with Crippen molar-refractivity contribution in [3.63, 3.8) is 0 Å². The number of benzene rings is 1. The molecule has 19 heavy (non-hydrogen) atoms. The predicted molar refractivity (Wildman–Crippen MR) is 85.0 cm³/mol. The van der Waals surface area contributed by atoms with Gasteiger partial charge in [-0.15, -0.1) is 0 Å². The lowest BCUT2D eigenvalue weighted by Crippen LogP contribution is -2.33. The van der Waals surface area contributed by atoms with Crippen LogP contribution >= 0.6 is 0 Å². The van der Waals surface area contributed by atoms with E-state index in [2.05, 4.69) is 46.5 Å². The Hall–Kier alpha value is -1.25. The Kier molecular flexibility index (Phi) is 4.83. The van der Waals surface area contributed by atoms with Gasteiger partial charge in [-0.2, -0.15) is 0 Å². The van der Waals surface area contributed by atoms with Crippen LogP contribution in [0.5, 0.6) is 0 Å². The fourth-order valence-corrected chi connectivity index (χ4v) is 1.77. The van der Waals surface area contributed by atoms with Gasteiger partial charge in [-0.3, -0.25) is 0 Å². The topological polar surface area (TPSA) is 12.0 Å². The summed E-state index contributed by atoms with van der Waals surface area (Å²) in [6.07, 6.45) is 2.53. The Bertz CT molecular complexity index is 447. The number of halogens is 1. The van der Waals surface area contributed by atoms with Gasteiger partial charge in [0.25, 0.3) is 0 Å². The highest BCUT2D eigenvalue weighted by atomic mass is 19.1. The molecule has 0 atom stereocenters. The van der Waals surface area contributed by atoms with Gasteiger partial charge in [0.05, 0.1) is 5.69 Å². The van der Waals surface area contributed by atoms with Crippen molar-refractivity contribution in [3.8, 4) is 0 Å². The Morgan fingerprint density at radius 1 is 1.26 bits per heavy atom. The number of rotatable bonds is 5. The van der Waals surface area contributed by atoms with Crippen molar-refractivity contribution in [3.05, 3.63) is 36.8 Å². The zero-order valence-corrected chi connectivity index (χ0v) is 12.8. The molecule has 0 spiro atoms. The molecular formula is C16H25BFN. The summed E-state index contributed by atoms with van der Waals surface area (Å²) in [5, 5.41) is 2.79. The van der Waals surface area contributed by atoms with Crippen molar-refractivity contribution < 1.29 is 4.39 Å². The summed E-state index contributed by atoms with van der Waals surface area (Å²) in [6.45, 7) is 14.9. The summed E-state index contributed by atoms with van der Waals surface area (Å²) in [7, 11) is 0.898. The molecule has 1 aromatic rings. The third-order valence-electron chi connectivity index (χ3n) is 4.36. The van der Waals surface area contributed by atoms with Gasteiger partial charge in [0.2, 0.25) is 0 Å². The Morgan fingerprint density at radius 3 is 2.37 bits per heavy atom. The average molecular weight is 261 g/mol. The van der Waals surface area contributed by atoms with Crippen LogP contribution in [0.4, 0.5) is 10.1 Å². The molecule has 1 aromatic carbocycles. The van der Waals surface area contributed by atoms with Crippen molar-refractivity contribution in [2.24, 2.45) is 10.8 Å². The third kappa shape index (κ3) is 4.12. The fourth-order valence-electron chi connectivity index (χ4n) is 1.77. The van der Waals surface area contributed by atoms with Gasteiger partial charge < -0.3 is 5.32 Å². The molecule has 1 N–H and O–H groups in total. The van der Waals surface area contributed by atoms with Crippen LogP contribution in [-0.2, 0) is 0 Å². The first kappa shape index (κ1) is 15.8. The molecule has 0 aromatic heterocycles. The number of hydrogen-bond donors (Lipinski definition) is 1. The van der Waals surface area contributed by atoms with E-state index < -0.39 is 0 Å². The summed E-state index contributed by atoms with van der Waals surface area (Å²) >= 11 is 0. The predicted octanol–water partition coefficient (Wildman–Crippen LogP) is 3.93. The van der Waals surface area contributed by atoms with E-state index in [1.807, 2.05) is 6.07 Å². The zero-order chi connectivity index (χ0) is 14.7. The summed E-state index contributed by atoms with van der Waals surface area (Å²) < 4.78 is 13.8. The summed E-state index contributed by atoms with van der Waals surface area (Å²) in [5.41, 5.74) is 2.00. The molecule has 0 radical (unpaired) electrons. The second-order valence-electron chi connectivity index (χ2n) is 6.80. The first-order chi connectivity index (χ1) is 8.67. The quantitative estimate of drug-likeness (QED) is 0.792. The van der Waals surface area contributed by atoms with Crippen LogP contribution in [0, 0.1) is 16.6 Å². The smallest absolute Gasteiger partial charge is 0.158 e. The van der Waals surface area contributed by atoms with Gasteiger partial charge in [0, 0.05) is 0 Å². The minimum absolute atomic E-state index is 0.217. The summed E-state index contributed by atoms with van der Waals surface area (Å²) in [4.78, 5) is 0. The van der Waals surface area contributed by atoms with Gasteiger partial charge in [0.1, 0.15) is 5.82 Å². The van der Waals surface area contributed by atoms with E-state index in [1.54, 1.807) is 12.1 Å². The highest BCUT2D eigenvalue weighted by Gasteiger charge is 2.32. The van der Waals surface area contributed by atoms with Crippen molar-refractivity contribution in [2.45, 2.75) is 40.9 Å². The Morgan fingerprint density at radius 2 is 1.89 bits per heavy atom. The maximum Gasteiger partial charge on any atom is 0.158 e. The molecule has 0 unspecified atom stereocenters. The lowest BCUT2D eigenvalue weighted by Gasteiger charge is -2.39. The van der Waals surface area contributed by atoms with Crippen LogP contribution in [0.25, 0.3) is 0 Å². The Labute approximate surface area is 117 Å². The molecule has 104 valence electrons. The lowest BCUT2D eigenvalue weighted by atomic mass is 9.53. The third-order valence-corrected chi connectivity index (χ3v) is 4.36. The van der Waals surface area contributed by atoms with E-state index in [4.69, 9.17) is 0 Å². The largest absolute Gasteiger partial charge is 0.360 e. The van der Waals surface area contributed by atoms with E-state index in [0.717, 1.165) is 19.1 Å². The minimum Gasteiger partial charge on any atom is -0.360 e. The molecule has 1 rings (SSSR count). The summed E-state index contributed by atoms with van der Waals surface area (Å²) in [5.74, 6) is -0.217. The average Bonchev–Trinajstić information content (AvgIpc) is 2.28. The van der Waals surface area contributed by atoms with Crippen LogP contribution in [0.15, 0.2) is 31.0 Å². The fraction of sp³-hybridized carbons (Fsp3) is 0.500. The van der Waals surface area contributed by atoms with Crippen LogP contribution < -0.4 is 10.8 Å². The molecule has 0 aliphatic carbocycles. The van der Waals surface area contributed by atoms with Gasteiger partial charge in [-0.05, 0) is 29.2 Å². The van der Waals surface area contributed by atoms with Crippen molar-refractivity contribution >= 4 is 18.4 Å². The second-order valence-corrected chi connectivity index (χ2v) is 6.80. The molecule has 0 fully saturated rings. The molecule has 0 saturated heterocycles. The van der Waals surface area contributed by atoms with E-state index in [9.17, 15) is 4.39 Å². The van der Waals surface area contributed by atoms with E-state index in [-0.39, 0.29) is 16.6 Å². The molecule has 0 amide bonds.